The molecule has 2 aliphatic rings. The van der Waals surface area contributed by atoms with Crippen LogP contribution in [0, 0.1) is 17.7 Å². The van der Waals surface area contributed by atoms with Crippen molar-refractivity contribution in [1.82, 2.24) is 19.6 Å². The standard InChI is InChI=1S/C35H47FN4O2/c1-5-40-33(21-30(37-40)18-25-10-7-6-8-11-25)26-14-16-39(17-15-26)23-28-20-31(38(4)34(24(2)3)35(41)42)22-32(28)27-12-9-13-29(36)19-27/h6-13,19,21,24,26,28,31-32,34H,5,14-18,20,22-23H2,1-4H3,(H,41,42)/t28?,31-,32+,34?/m0/s1. The summed E-state index contributed by atoms with van der Waals surface area (Å²) in [6, 6.07) is 19.5. The van der Waals surface area contributed by atoms with Crippen molar-refractivity contribution in [2.75, 3.05) is 26.7 Å². The highest BCUT2D eigenvalue weighted by atomic mass is 19.1. The third-order valence-electron chi connectivity index (χ3n) is 9.73. The van der Waals surface area contributed by atoms with Gasteiger partial charge in [0.2, 0.25) is 0 Å². The van der Waals surface area contributed by atoms with Gasteiger partial charge in [-0.2, -0.15) is 5.10 Å². The molecule has 2 unspecified atom stereocenters. The van der Waals surface area contributed by atoms with Crippen LogP contribution in [-0.2, 0) is 17.8 Å². The average Bonchev–Trinajstić information content (AvgIpc) is 3.58. The second-order valence-corrected chi connectivity index (χ2v) is 12.9. The molecule has 1 aliphatic carbocycles. The molecule has 2 fully saturated rings. The number of nitrogens with zero attached hydrogens (tertiary/aromatic N) is 4. The van der Waals surface area contributed by atoms with Crippen molar-refractivity contribution in [3.63, 3.8) is 0 Å². The SMILES string of the molecule is CCn1nc(Cc2ccccc2)cc1C1CCN(CC2C[C@H](N(C)C(C(=O)O)C(C)C)C[C@@H]2c2cccc(F)c2)CC1. The number of hydrogen-bond acceptors (Lipinski definition) is 4. The number of carboxylic acid groups (broad SMARTS) is 1. The summed E-state index contributed by atoms with van der Waals surface area (Å²) in [5.74, 6) is 0.128. The molecule has 2 heterocycles. The van der Waals surface area contributed by atoms with E-state index in [4.69, 9.17) is 5.10 Å². The van der Waals surface area contributed by atoms with Crippen LogP contribution < -0.4 is 0 Å². The van der Waals surface area contributed by atoms with Crippen molar-refractivity contribution in [3.8, 4) is 0 Å². The van der Waals surface area contributed by atoms with Gasteiger partial charge in [0.1, 0.15) is 11.9 Å². The molecule has 0 amide bonds. The number of carboxylic acids is 1. The molecule has 6 nitrogen and oxygen atoms in total. The Morgan fingerprint density at radius 1 is 1.07 bits per heavy atom. The minimum atomic E-state index is -0.765. The number of likely N-dealkylation sites (tertiary alicyclic amines) is 1. The van der Waals surface area contributed by atoms with Crippen LogP contribution >= 0.6 is 0 Å². The van der Waals surface area contributed by atoms with Crippen LogP contribution in [0.5, 0.6) is 0 Å². The molecule has 226 valence electrons. The van der Waals surface area contributed by atoms with Gasteiger partial charge >= 0.3 is 5.97 Å². The van der Waals surface area contributed by atoms with Crippen molar-refractivity contribution in [2.45, 2.75) is 83.3 Å². The van der Waals surface area contributed by atoms with E-state index in [1.807, 2.05) is 27.0 Å². The molecule has 5 rings (SSSR count). The van der Waals surface area contributed by atoms with Gasteiger partial charge in [0.05, 0.1) is 5.69 Å². The Hall–Kier alpha value is -3.03. The Balaban J connectivity index is 1.26. The normalized spacial score (nSPS) is 22.7. The number of carbonyl (C=O) groups is 1. The molecule has 1 aromatic heterocycles. The maximum atomic E-state index is 14.3. The third kappa shape index (κ3) is 6.95. The smallest absolute Gasteiger partial charge is 0.321 e. The van der Waals surface area contributed by atoms with Crippen LogP contribution in [0.25, 0.3) is 0 Å². The van der Waals surface area contributed by atoms with E-state index in [0.717, 1.165) is 69.5 Å². The third-order valence-corrected chi connectivity index (χ3v) is 9.73. The Morgan fingerprint density at radius 3 is 2.45 bits per heavy atom. The molecule has 4 atom stereocenters. The predicted octanol–water partition coefficient (Wildman–Crippen LogP) is 6.42. The lowest BCUT2D eigenvalue weighted by Gasteiger charge is -2.35. The summed E-state index contributed by atoms with van der Waals surface area (Å²) in [5.41, 5.74) is 4.83. The highest BCUT2D eigenvalue weighted by Gasteiger charge is 2.42. The highest BCUT2D eigenvalue weighted by molar-refractivity contribution is 5.73. The number of likely N-dealkylation sites (N-methyl/N-ethyl adjacent to an activating group) is 1. The molecule has 2 aromatic carbocycles. The summed E-state index contributed by atoms with van der Waals surface area (Å²) in [7, 11) is 1.96. The lowest BCUT2D eigenvalue weighted by molar-refractivity contribution is -0.145. The first-order valence-electron chi connectivity index (χ1n) is 15.8. The van der Waals surface area contributed by atoms with Crippen LogP contribution in [0.2, 0.25) is 0 Å². The highest BCUT2D eigenvalue weighted by Crippen LogP contribution is 2.43. The van der Waals surface area contributed by atoms with Crippen LogP contribution in [0.15, 0.2) is 60.7 Å². The van der Waals surface area contributed by atoms with Gasteiger partial charge in [-0.05, 0) is 99.8 Å². The van der Waals surface area contributed by atoms with Gasteiger partial charge < -0.3 is 10.0 Å². The second kappa shape index (κ2) is 13.5. The molecule has 1 aliphatic heterocycles. The summed E-state index contributed by atoms with van der Waals surface area (Å²) in [6.45, 7) is 10.0. The molecule has 0 bridgehead atoms. The first kappa shape index (κ1) is 30.4. The van der Waals surface area contributed by atoms with E-state index in [0.29, 0.717) is 11.8 Å². The summed E-state index contributed by atoms with van der Waals surface area (Å²) in [6.07, 6.45) is 4.85. The maximum absolute atomic E-state index is 14.3. The van der Waals surface area contributed by atoms with Gasteiger partial charge in [0, 0.05) is 37.2 Å². The number of benzene rings is 2. The number of rotatable bonds is 11. The van der Waals surface area contributed by atoms with Crippen molar-refractivity contribution < 1.29 is 14.3 Å². The number of piperidine rings is 1. The van der Waals surface area contributed by atoms with E-state index in [-0.39, 0.29) is 23.7 Å². The van der Waals surface area contributed by atoms with Crippen LogP contribution in [0.3, 0.4) is 0 Å². The van der Waals surface area contributed by atoms with Crippen LogP contribution in [0.4, 0.5) is 4.39 Å². The first-order chi connectivity index (χ1) is 20.2. The molecular formula is C35H47FN4O2. The van der Waals surface area contributed by atoms with Crippen molar-refractivity contribution in [2.24, 2.45) is 11.8 Å². The largest absolute Gasteiger partial charge is 0.480 e. The zero-order valence-electron chi connectivity index (χ0n) is 25.6. The van der Waals surface area contributed by atoms with Crippen LogP contribution in [0.1, 0.15) is 80.8 Å². The van der Waals surface area contributed by atoms with Gasteiger partial charge in [-0.1, -0.05) is 56.3 Å². The Morgan fingerprint density at radius 2 is 1.81 bits per heavy atom. The summed E-state index contributed by atoms with van der Waals surface area (Å²) >= 11 is 0. The predicted molar refractivity (Wildman–Crippen MR) is 165 cm³/mol. The fraction of sp³-hybridized carbons (Fsp3) is 0.543. The molecule has 7 heteroatoms. The second-order valence-electron chi connectivity index (χ2n) is 12.9. The monoisotopic (exact) mass is 574 g/mol. The molecule has 1 N–H and O–H groups in total. The topological polar surface area (TPSA) is 61.6 Å². The van der Waals surface area contributed by atoms with E-state index in [1.165, 1.54) is 17.3 Å². The van der Waals surface area contributed by atoms with Gasteiger partial charge in [-0.3, -0.25) is 14.4 Å². The minimum Gasteiger partial charge on any atom is -0.480 e. The molecule has 0 radical (unpaired) electrons. The number of halogens is 1. The zero-order chi connectivity index (χ0) is 29.8. The molecule has 0 spiro atoms. The van der Waals surface area contributed by atoms with Crippen LogP contribution in [-0.4, -0.2) is 69.4 Å². The molecule has 42 heavy (non-hydrogen) atoms. The van der Waals surface area contributed by atoms with Crippen molar-refractivity contribution >= 4 is 5.97 Å². The van der Waals surface area contributed by atoms with Gasteiger partial charge in [-0.15, -0.1) is 0 Å². The van der Waals surface area contributed by atoms with Crippen molar-refractivity contribution in [1.29, 1.82) is 0 Å². The van der Waals surface area contributed by atoms with Crippen molar-refractivity contribution in [3.05, 3.63) is 89.0 Å². The number of aryl methyl sites for hydroxylation is 1. The van der Waals surface area contributed by atoms with E-state index in [1.54, 1.807) is 12.1 Å². The van der Waals surface area contributed by atoms with Gasteiger partial charge in [-0.25, -0.2) is 4.39 Å². The van der Waals surface area contributed by atoms with Gasteiger partial charge in [0.15, 0.2) is 0 Å². The summed E-state index contributed by atoms with van der Waals surface area (Å²) in [5, 5.41) is 14.9. The minimum absolute atomic E-state index is 0.0166. The number of aromatic nitrogens is 2. The molecule has 1 saturated heterocycles. The fourth-order valence-electron chi connectivity index (χ4n) is 7.64. The lowest BCUT2D eigenvalue weighted by atomic mass is 9.87. The molecule has 3 aromatic rings. The first-order valence-corrected chi connectivity index (χ1v) is 15.8. The van der Waals surface area contributed by atoms with E-state index in [2.05, 4.69) is 57.8 Å². The summed E-state index contributed by atoms with van der Waals surface area (Å²) in [4.78, 5) is 16.8. The molecular weight excluding hydrogens is 527 g/mol. The summed E-state index contributed by atoms with van der Waals surface area (Å²) < 4.78 is 16.5. The van der Waals surface area contributed by atoms with Gasteiger partial charge in [0.25, 0.3) is 0 Å². The maximum Gasteiger partial charge on any atom is 0.321 e. The van der Waals surface area contributed by atoms with E-state index in [9.17, 15) is 14.3 Å². The van der Waals surface area contributed by atoms with E-state index >= 15 is 0 Å². The van der Waals surface area contributed by atoms with E-state index < -0.39 is 12.0 Å². The number of aliphatic carboxylic acids is 1. The fourth-order valence-corrected chi connectivity index (χ4v) is 7.64. The lowest BCUT2D eigenvalue weighted by Crippen LogP contribution is -2.47. The Labute approximate surface area is 250 Å². The Bertz CT molecular complexity index is 1320. The molecule has 1 saturated carbocycles. The Kier molecular flexibility index (Phi) is 9.79. The zero-order valence-corrected chi connectivity index (χ0v) is 25.6. The average molecular weight is 575 g/mol. The quantitative estimate of drug-likeness (QED) is 0.287. The number of hydrogen-bond donors (Lipinski definition) is 1.